The number of aliphatic hydroxyl groups is 1. The number of nitrogens with zero attached hydrogens (tertiary/aromatic N) is 1. The number of quaternary nitrogens is 1. The highest BCUT2D eigenvalue weighted by molar-refractivity contribution is 7.47. The quantitative estimate of drug-likeness (QED) is 0.0271. The second kappa shape index (κ2) is 32.1. The van der Waals surface area contributed by atoms with Crippen molar-refractivity contribution in [3.63, 3.8) is 0 Å². The molecule has 0 radical (unpaired) electrons. The summed E-state index contributed by atoms with van der Waals surface area (Å²) in [5, 5.41) is 13.7. The summed E-state index contributed by atoms with van der Waals surface area (Å²) in [7, 11) is 1.54. The number of hydrogen-bond acceptors (Lipinski definition) is 5. The predicted octanol–water partition coefficient (Wildman–Crippen LogP) is 9.90. The minimum absolute atomic E-state index is 0.0532. The molecule has 0 aromatic heterocycles. The van der Waals surface area contributed by atoms with Crippen LogP contribution >= 0.6 is 7.82 Å². The molecule has 0 aliphatic heterocycles. The highest BCUT2D eigenvalue weighted by Gasteiger charge is 2.27. The number of phosphoric ester groups is 1. The summed E-state index contributed by atoms with van der Waals surface area (Å²) in [5.74, 6) is -0.207. The molecule has 0 spiro atoms. The van der Waals surface area contributed by atoms with E-state index in [2.05, 4.69) is 67.8 Å². The number of amides is 1. The van der Waals surface area contributed by atoms with Crippen LogP contribution in [0.2, 0.25) is 0 Å². The minimum Gasteiger partial charge on any atom is -0.387 e. The van der Waals surface area contributed by atoms with Gasteiger partial charge in [0.2, 0.25) is 5.91 Å². The largest absolute Gasteiger partial charge is 0.472 e. The van der Waals surface area contributed by atoms with E-state index >= 15 is 0 Å². The predicted molar refractivity (Wildman–Crippen MR) is 207 cm³/mol. The van der Waals surface area contributed by atoms with Crippen molar-refractivity contribution in [2.24, 2.45) is 0 Å². The summed E-state index contributed by atoms with van der Waals surface area (Å²) in [5.41, 5.74) is 0. The van der Waals surface area contributed by atoms with Crippen molar-refractivity contribution in [3.05, 3.63) is 60.8 Å². The van der Waals surface area contributed by atoms with Gasteiger partial charge in [0, 0.05) is 6.42 Å². The van der Waals surface area contributed by atoms with E-state index in [1.807, 2.05) is 27.2 Å². The summed E-state index contributed by atoms with van der Waals surface area (Å²) in [6.07, 6.45) is 40.0. The Morgan fingerprint density at radius 2 is 1.22 bits per heavy atom. The number of carbonyl (C=O) groups is 1. The Bertz CT molecular complexity index is 986. The van der Waals surface area contributed by atoms with Crippen molar-refractivity contribution >= 4 is 13.7 Å². The van der Waals surface area contributed by atoms with Crippen molar-refractivity contribution in [2.75, 3.05) is 40.9 Å². The monoisotopic (exact) mass is 710 g/mol. The lowest BCUT2D eigenvalue weighted by Crippen LogP contribution is -2.45. The Hall–Kier alpha value is -1.80. The summed E-state index contributed by atoms with van der Waals surface area (Å²) in [6, 6.07) is -0.858. The van der Waals surface area contributed by atoms with Gasteiger partial charge in [-0.2, -0.15) is 0 Å². The van der Waals surface area contributed by atoms with Crippen LogP contribution < -0.4 is 5.32 Å². The molecule has 0 saturated carbocycles. The van der Waals surface area contributed by atoms with Gasteiger partial charge in [-0.05, 0) is 57.8 Å². The summed E-state index contributed by atoms with van der Waals surface area (Å²) in [4.78, 5) is 23.0. The van der Waals surface area contributed by atoms with Crippen LogP contribution in [-0.4, -0.2) is 73.4 Å². The van der Waals surface area contributed by atoms with Crippen LogP contribution in [0.5, 0.6) is 0 Å². The van der Waals surface area contributed by atoms with Gasteiger partial charge in [-0.25, -0.2) is 4.57 Å². The third-order valence-electron chi connectivity index (χ3n) is 7.99. The maximum atomic E-state index is 12.8. The van der Waals surface area contributed by atoms with Crippen LogP contribution in [0.3, 0.4) is 0 Å². The molecule has 284 valence electrons. The van der Waals surface area contributed by atoms with Gasteiger partial charge < -0.3 is 19.8 Å². The van der Waals surface area contributed by atoms with E-state index in [-0.39, 0.29) is 19.1 Å². The Morgan fingerprint density at radius 3 is 1.80 bits per heavy atom. The second-order valence-corrected chi connectivity index (χ2v) is 15.4. The van der Waals surface area contributed by atoms with Gasteiger partial charge >= 0.3 is 7.82 Å². The number of hydrogen-bond donors (Lipinski definition) is 3. The fraction of sp³-hybridized carbons (Fsp3) is 0.725. The minimum atomic E-state index is -4.34. The Balaban J connectivity index is 4.55. The van der Waals surface area contributed by atoms with Crippen LogP contribution in [0.4, 0.5) is 0 Å². The SMILES string of the molecule is CC/C=C\C/C=C\C/C=C\C/C=C\CCCCCCC(=O)NC(COP(=O)(O)OCC[N+](C)(C)C)C(O)/C=C/CCCCCCCCCC. The van der Waals surface area contributed by atoms with Gasteiger partial charge in [0.15, 0.2) is 0 Å². The standard InChI is InChI=1S/C40H73N2O6P/c1-6-8-10-12-14-16-18-19-20-21-22-23-24-26-28-30-32-34-40(44)41-38(37-48-49(45,46)47-36-35-42(3,4)5)39(43)33-31-29-27-25-17-15-13-11-9-7-2/h8,10,14,16,19-20,22-23,31,33,38-39,43H,6-7,9,11-13,15,17-18,21,24-30,32,34-37H2,1-5H3,(H-,41,44,45,46)/p+1/b10-8-,16-14-,20-19-,23-22-,33-31+. The molecule has 3 atom stereocenters. The number of phosphoric acid groups is 1. The Kier molecular flexibility index (Phi) is 31.0. The van der Waals surface area contributed by atoms with E-state index in [0.29, 0.717) is 17.4 Å². The van der Waals surface area contributed by atoms with E-state index in [1.54, 1.807) is 6.08 Å². The normalized spacial score (nSPS) is 15.3. The first kappa shape index (κ1) is 47.2. The van der Waals surface area contributed by atoms with E-state index in [4.69, 9.17) is 9.05 Å². The van der Waals surface area contributed by atoms with Crippen molar-refractivity contribution in [2.45, 2.75) is 148 Å². The summed E-state index contributed by atoms with van der Waals surface area (Å²) in [6.45, 7) is 4.62. The van der Waals surface area contributed by atoms with Crippen LogP contribution in [-0.2, 0) is 18.4 Å². The highest BCUT2D eigenvalue weighted by Crippen LogP contribution is 2.43. The fourth-order valence-corrected chi connectivity index (χ4v) is 5.65. The molecule has 8 nitrogen and oxygen atoms in total. The molecular formula is C40H74N2O6P+. The molecule has 3 N–H and O–H groups in total. The van der Waals surface area contributed by atoms with Crippen molar-refractivity contribution in [3.8, 4) is 0 Å². The van der Waals surface area contributed by atoms with Gasteiger partial charge in [-0.15, -0.1) is 0 Å². The van der Waals surface area contributed by atoms with E-state index < -0.39 is 20.0 Å². The molecule has 0 fully saturated rings. The molecule has 9 heteroatoms. The van der Waals surface area contributed by atoms with Crippen molar-refractivity contribution in [1.82, 2.24) is 5.32 Å². The van der Waals surface area contributed by atoms with Gasteiger partial charge in [0.25, 0.3) is 0 Å². The fourth-order valence-electron chi connectivity index (χ4n) is 4.91. The maximum absolute atomic E-state index is 12.8. The molecule has 1 amide bonds. The molecule has 0 saturated heterocycles. The molecule has 0 aromatic rings. The topological polar surface area (TPSA) is 105 Å². The van der Waals surface area contributed by atoms with Gasteiger partial charge in [0.1, 0.15) is 13.2 Å². The number of aliphatic hydroxyl groups excluding tert-OH is 1. The zero-order chi connectivity index (χ0) is 36.5. The number of likely N-dealkylation sites (N-methyl/N-ethyl adjacent to an activating group) is 1. The maximum Gasteiger partial charge on any atom is 0.472 e. The zero-order valence-corrected chi connectivity index (χ0v) is 32.8. The third-order valence-corrected chi connectivity index (χ3v) is 8.98. The zero-order valence-electron chi connectivity index (χ0n) is 31.9. The molecule has 49 heavy (non-hydrogen) atoms. The van der Waals surface area contributed by atoms with E-state index in [1.165, 1.54) is 38.5 Å². The molecule has 0 bridgehead atoms. The summed E-state index contributed by atoms with van der Waals surface area (Å²) < 4.78 is 23.4. The molecule has 0 aliphatic carbocycles. The average Bonchev–Trinajstić information content (AvgIpc) is 3.04. The van der Waals surface area contributed by atoms with Gasteiger partial charge in [-0.3, -0.25) is 13.8 Å². The van der Waals surface area contributed by atoms with E-state index in [9.17, 15) is 19.4 Å². The first-order chi connectivity index (χ1) is 23.5. The third kappa shape index (κ3) is 34.4. The Morgan fingerprint density at radius 1 is 0.714 bits per heavy atom. The molecular weight excluding hydrogens is 635 g/mol. The van der Waals surface area contributed by atoms with Crippen LogP contribution in [0.15, 0.2) is 60.8 Å². The van der Waals surface area contributed by atoms with Crippen LogP contribution in [0.1, 0.15) is 136 Å². The van der Waals surface area contributed by atoms with Crippen molar-refractivity contribution < 1.29 is 32.9 Å². The van der Waals surface area contributed by atoms with Gasteiger partial charge in [-0.1, -0.05) is 132 Å². The number of rotatable bonds is 33. The average molecular weight is 710 g/mol. The second-order valence-electron chi connectivity index (χ2n) is 13.9. The first-order valence-electron chi connectivity index (χ1n) is 19.2. The van der Waals surface area contributed by atoms with Crippen molar-refractivity contribution in [1.29, 1.82) is 0 Å². The Labute approximate surface area is 301 Å². The number of unbranched alkanes of at least 4 members (excludes halogenated alkanes) is 12. The number of nitrogens with one attached hydrogen (secondary N) is 1. The van der Waals surface area contributed by atoms with Gasteiger partial charge in [0.05, 0.1) is 39.9 Å². The van der Waals surface area contributed by atoms with Crippen LogP contribution in [0, 0.1) is 0 Å². The smallest absolute Gasteiger partial charge is 0.387 e. The molecule has 0 aliphatic rings. The molecule has 0 heterocycles. The first-order valence-corrected chi connectivity index (χ1v) is 20.7. The highest BCUT2D eigenvalue weighted by atomic mass is 31.2. The number of carbonyl (C=O) groups excluding carboxylic acids is 1. The molecule has 0 rings (SSSR count). The number of allylic oxidation sites excluding steroid dienone is 9. The lowest BCUT2D eigenvalue weighted by Gasteiger charge is -2.25. The lowest BCUT2D eigenvalue weighted by atomic mass is 10.1. The molecule has 0 aromatic carbocycles. The van der Waals surface area contributed by atoms with E-state index in [0.717, 1.165) is 77.0 Å². The summed E-state index contributed by atoms with van der Waals surface area (Å²) >= 11 is 0. The molecule has 3 unspecified atom stereocenters. The van der Waals surface area contributed by atoms with Crippen LogP contribution in [0.25, 0.3) is 0 Å². The lowest BCUT2D eigenvalue weighted by molar-refractivity contribution is -0.870.